The third-order valence-corrected chi connectivity index (χ3v) is 4.09. The maximum atomic E-state index is 12.0. The monoisotopic (exact) mass is 340 g/mol. The molecular formula is C14H17BrN2O3. The Kier molecular flexibility index (Phi) is 5.00. The summed E-state index contributed by atoms with van der Waals surface area (Å²) >= 11 is 3.51. The number of carbonyl (C=O) groups is 2. The van der Waals surface area contributed by atoms with Gasteiger partial charge < -0.3 is 15.3 Å². The fraction of sp³-hybridized carbons (Fsp3) is 0.429. The van der Waals surface area contributed by atoms with Gasteiger partial charge in [0.2, 0.25) is 0 Å². The zero-order valence-electron chi connectivity index (χ0n) is 11.1. The highest BCUT2D eigenvalue weighted by molar-refractivity contribution is 9.10. The van der Waals surface area contributed by atoms with Gasteiger partial charge in [-0.25, -0.2) is 4.79 Å². The molecule has 0 radical (unpaired) electrons. The molecule has 5 nitrogen and oxygen atoms in total. The summed E-state index contributed by atoms with van der Waals surface area (Å²) in [6.07, 6.45) is 1.38. The van der Waals surface area contributed by atoms with E-state index in [-0.39, 0.29) is 12.5 Å². The van der Waals surface area contributed by atoms with Crippen LogP contribution < -0.4 is 5.32 Å². The van der Waals surface area contributed by atoms with Crippen LogP contribution in [0.25, 0.3) is 0 Å². The van der Waals surface area contributed by atoms with Crippen molar-refractivity contribution in [1.82, 2.24) is 10.2 Å². The molecule has 2 amide bonds. The number of carboxylic acids is 1. The summed E-state index contributed by atoms with van der Waals surface area (Å²) in [5, 5.41) is 11.3. The molecule has 0 saturated carbocycles. The van der Waals surface area contributed by atoms with Gasteiger partial charge in [-0.2, -0.15) is 0 Å². The summed E-state index contributed by atoms with van der Waals surface area (Å²) in [6.45, 7) is 1.67. The van der Waals surface area contributed by atoms with Crippen LogP contribution >= 0.6 is 15.9 Å². The van der Waals surface area contributed by atoms with E-state index in [4.69, 9.17) is 5.11 Å². The molecule has 1 heterocycles. The van der Waals surface area contributed by atoms with Gasteiger partial charge in [0.25, 0.3) is 0 Å². The number of nitrogens with one attached hydrogen (secondary N) is 1. The minimum atomic E-state index is -0.838. The van der Waals surface area contributed by atoms with Crippen LogP contribution in [0.4, 0.5) is 4.79 Å². The number of hydrogen-bond donors (Lipinski definition) is 2. The van der Waals surface area contributed by atoms with Crippen molar-refractivity contribution in [2.75, 3.05) is 13.1 Å². The van der Waals surface area contributed by atoms with Crippen LogP contribution in [0.15, 0.2) is 22.7 Å². The van der Waals surface area contributed by atoms with Crippen molar-refractivity contribution in [2.45, 2.75) is 25.8 Å². The van der Waals surface area contributed by atoms with Crippen molar-refractivity contribution in [1.29, 1.82) is 0 Å². The van der Waals surface area contributed by atoms with E-state index in [1.54, 1.807) is 4.90 Å². The Bertz CT molecular complexity index is 519. The Labute approximate surface area is 126 Å². The maximum absolute atomic E-state index is 12.0. The van der Waals surface area contributed by atoms with Gasteiger partial charge in [-0.05, 0) is 30.0 Å². The molecule has 0 aliphatic carbocycles. The van der Waals surface area contributed by atoms with E-state index in [0.717, 1.165) is 16.5 Å². The fourth-order valence-corrected chi connectivity index (χ4v) is 2.79. The predicted octanol–water partition coefficient (Wildman–Crippen LogP) is 2.38. The number of nitrogens with zero attached hydrogens (tertiary/aromatic N) is 1. The Morgan fingerprint density at radius 2 is 2.20 bits per heavy atom. The minimum absolute atomic E-state index is 0.0780. The minimum Gasteiger partial charge on any atom is -0.481 e. The molecule has 1 aliphatic rings. The van der Waals surface area contributed by atoms with E-state index < -0.39 is 5.97 Å². The van der Waals surface area contributed by atoms with Crippen LogP contribution in [0.2, 0.25) is 0 Å². The second kappa shape index (κ2) is 6.74. The second-order valence-corrected chi connectivity index (χ2v) is 5.63. The average molecular weight is 341 g/mol. The first-order chi connectivity index (χ1) is 9.58. The molecule has 0 fully saturated rings. The van der Waals surface area contributed by atoms with E-state index in [1.165, 1.54) is 5.56 Å². The predicted molar refractivity (Wildman–Crippen MR) is 78.5 cm³/mol. The molecule has 2 N–H and O–H groups in total. The number of carboxylic acid groups (broad SMARTS) is 1. The smallest absolute Gasteiger partial charge is 0.317 e. The molecule has 0 saturated heterocycles. The highest BCUT2D eigenvalue weighted by Crippen LogP contribution is 2.26. The van der Waals surface area contributed by atoms with Crippen LogP contribution in [-0.4, -0.2) is 35.1 Å². The molecule has 2 rings (SSSR count). The van der Waals surface area contributed by atoms with E-state index >= 15 is 0 Å². The number of hydrogen-bond acceptors (Lipinski definition) is 2. The third kappa shape index (κ3) is 3.72. The van der Waals surface area contributed by atoms with E-state index in [2.05, 4.69) is 27.3 Å². The Balaban J connectivity index is 1.87. The van der Waals surface area contributed by atoms with Crippen molar-refractivity contribution in [3.05, 3.63) is 33.8 Å². The van der Waals surface area contributed by atoms with Gasteiger partial charge in [-0.15, -0.1) is 0 Å². The molecule has 0 spiro atoms. The zero-order valence-corrected chi connectivity index (χ0v) is 12.6. The lowest BCUT2D eigenvalue weighted by Gasteiger charge is -2.29. The normalized spacial score (nSPS) is 13.8. The molecule has 0 bridgehead atoms. The van der Waals surface area contributed by atoms with Gasteiger partial charge in [-0.3, -0.25) is 4.79 Å². The summed E-state index contributed by atoms with van der Waals surface area (Å²) in [4.78, 5) is 24.2. The lowest BCUT2D eigenvalue weighted by atomic mass is 10.0. The highest BCUT2D eigenvalue weighted by atomic mass is 79.9. The van der Waals surface area contributed by atoms with E-state index in [0.29, 0.717) is 26.1 Å². The Morgan fingerprint density at radius 3 is 2.95 bits per heavy atom. The lowest BCUT2D eigenvalue weighted by molar-refractivity contribution is -0.137. The maximum Gasteiger partial charge on any atom is 0.317 e. The van der Waals surface area contributed by atoms with Crippen molar-refractivity contribution >= 4 is 27.9 Å². The number of urea groups is 1. The third-order valence-electron chi connectivity index (χ3n) is 3.35. The fourth-order valence-electron chi connectivity index (χ4n) is 2.26. The molecule has 20 heavy (non-hydrogen) atoms. The molecule has 1 aromatic carbocycles. The van der Waals surface area contributed by atoms with Gasteiger partial charge >= 0.3 is 12.0 Å². The van der Waals surface area contributed by atoms with Crippen LogP contribution in [0.5, 0.6) is 0 Å². The number of rotatable bonds is 4. The van der Waals surface area contributed by atoms with Crippen LogP contribution in [0.1, 0.15) is 24.0 Å². The lowest BCUT2D eigenvalue weighted by Crippen LogP contribution is -2.43. The molecule has 1 aromatic rings. The second-order valence-electron chi connectivity index (χ2n) is 4.78. The average Bonchev–Trinajstić information content (AvgIpc) is 2.43. The zero-order chi connectivity index (χ0) is 14.5. The topological polar surface area (TPSA) is 69.6 Å². The largest absolute Gasteiger partial charge is 0.481 e. The van der Waals surface area contributed by atoms with Gasteiger partial charge in [0.1, 0.15) is 0 Å². The standard InChI is InChI=1S/C14H17BrN2O3/c15-12-4-1-3-10-6-8-17(9-11(10)12)14(20)16-7-2-5-13(18)19/h1,3-4H,2,5-9H2,(H,16,20)(H,18,19). The number of halogens is 1. The van der Waals surface area contributed by atoms with Gasteiger partial charge in [-0.1, -0.05) is 28.1 Å². The number of aliphatic carboxylic acids is 1. The molecule has 1 aliphatic heterocycles. The Hall–Kier alpha value is -1.56. The van der Waals surface area contributed by atoms with Crippen molar-refractivity contribution in [2.24, 2.45) is 0 Å². The summed E-state index contributed by atoms with van der Waals surface area (Å²) in [7, 11) is 0. The number of fused-ring (bicyclic) bond motifs is 1. The van der Waals surface area contributed by atoms with Gasteiger partial charge in [0.15, 0.2) is 0 Å². The van der Waals surface area contributed by atoms with Gasteiger partial charge in [0.05, 0.1) is 0 Å². The van der Waals surface area contributed by atoms with Crippen LogP contribution in [0, 0.1) is 0 Å². The first kappa shape index (κ1) is 14.8. The van der Waals surface area contributed by atoms with E-state index in [1.807, 2.05) is 12.1 Å². The summed E-state index contributed by atoms with van der Waals surface area (Å²) in [6, 6.07) is 5.94. The Morgan fingerprint density at radius 1 is 1.40 bits per heavy atom. The first-order valence-electron chi connectivity index (χ1n) is 6.59. The van der Waals surface area contributed by atoms with Crippen LogP contribution in [0.3, 0.4) is 0 Å². The molecule has 108 valence electrons. The van der Waals surface area contributed by atoms with Crippen molar-refractivity contribution in [3.63, 3.8) is 0 Å². The first-order valence-corrected chi connectivity index (χ1v) is 7.38. The summed E-state index contributed by atoms with van der Waals surface area (Å²) in [5.74, 6) is -0.838. The highest BCUT2D eigenvalue weighted by Gasteiger charge is 2.21. The quantitative estimate of drug-likeness (QED) is 0.826. The van der Waals surface area contributed by atoms with E-state index in [9.17, 15) is 9.59 Å². The summed E-state index contributed by atoms with van der Waals surface area (Å²) in [5.41, 5.74) is 2.42. The number of benzene rings is 1. The van der Waals surface area contributed by atoms with Gasteiger partial charge in [0, 0.05) is 30.5 Å². The number of amides is 2. The molecular weight excluding hydrogens is 324 g/mol. The number of carbonyl (C=O) groups excluding carboxylic acids is 1. The SMILES string of the molecule is O=C(O)CCCNC(=O)N1CCc2cccc(Br)c2C1. The molecule has 0 aromatic heterocycles. The molecule has 0 atom stereocenters. The molecule has 0 unspecified atom stereocenters. The van der Waals surface area contributed by atoms with Crippen molar-refractivity contribution in [3.8, 4) is 0 Å². The van der Waals surface area contributed by atoms with Crippen LogP contribution in [-0.2, 0) is 17.8 Å². The summed E-state index contributed by atoms with van der Waals surface area (Å²) < 4.78 is 1.03. The molecule has 6 heteroatoms. The van der Waals surface area contributed by atoms with Crippen molar-refractivity contribution < 1.29 is 14.7 Å².